The summed E-state index contributed by atoms with van der Waals surface area (Å²) in [7, 11) is 0. The predicted octanol–water partition coefficient (Wildman–Crippen LogP) is 4.03. The molecule has 5 heteroatoms. The molecule has 1 unspecified atom stereocenters. The van der Waals surface area contributed by atoms with Crippen LogP contribution in [0.25, 0.3) is 0 Å². The summed E-state index contributed by atoms with van der Waals surface area (Å²) < 4.78 is 27.3. The summed E-state index contributed by atoms with van der Waals surface area (Å²) in [6.07, 6.45) is 0.540. The van der Waals surface area contributed by atoms with Crippen molar-refractivity contribution in [1.29, 1.82) is 0 Å². The fourth-order valence-electron chi connectivity index (χ4n) is 1.59. The Morgan fingerprint density at radius 2 is 2.00 bits per heavy atom. The zero-order valence-electron chi connectivity index (χ0n) is 8.79. The van der Waals surface area contributed by atoms with Crippen molar-refractivity contribution in [1.82, 2.24) is 0 Å². The third-order valence-corrected chi connectivity index (χ3v) is 4.06. The van der Waals surface area contributed by atoms with Gasteiger partial charge in [0.05, 0.1) is 3.79 Å². The molecule has 17 heavy (non-hydrogen) atoms. The minimum absolute atomic E-state index is 0.343. The lowest BCUT2D eigenvalue weighted by molar-refractivity contribution is 0.555. The molecule has 0 radical (unpaired) electrons. The Labute approximate surface area is 110 Å². The van der Waals surface area contributed by atoms with E-state index in [1.54, 1.807) is 11.3 Å². The summed E-state index contributed by atoms with van der Waals surface area (Å²) in [5.74, 6) is -1.18. The Kier molecular flexibility index (Phi) is 3.91. The van der Waals surface area contributed by atoms with E-state index in [2.05, 4.69) is 15.9 Å². The Hall–Kier alpha value is -0.780. The van der Waals surface area contributed by atoms with Gasteiger partial charge in [-0.15, -0.1) is 11.3 Å². The van der Waals surface area contributed by atoms with Gasteiger partial charge in [-0.25, -0.2) is 8.78 Å². The smallest absolute Gasteiger partial charge is 0.130 e. The van der Waals surface area contributed by atoms with Gasteiger partial charge in [-0.2, -0.15) is 0 Å². The molecule has 1 aromatic heterocycles. The Morgan fingerprint density at radius 3 is 2.59 bits per heavy atom. The number of halogens is 3. The van der Waals surface area contributed by atoms with Crippen LogP contribution in [-0.2, 0) is 6.42 Å². The minimum atomic E-state index is -0.590. The molecule has 0 aliphatic heterocycles. The van der Waals surface area contributed by atoms with Gasteiger partial charge in [0.25, 0.3) is 0 Å². The summed E-state index contributed by atoms with van der Waals surface area (Å²) in [6, 6.07) is 6.89. The van der Waals surface area contributed by atoms with Gasteiger partial charge in [0.1, 0.15) is 11.6 Å². The number of benzene rings is 1. The molecule has 90 valence electrons. The van der Waals surface area contributed by atoms with E-state index in [9.17, 15) is 8.78 Å². The second-order valence-corrected chi connectivity index (χ2v) is 6.23. The fraction of sp³-hybridized carbons (Fsp3) is 0.167. The van der Waals surface area contributed by atoms with Gasteiger partial charge in [-0.1, -0.05) is 6.07 Å². The van der Waals surface area contributed by atoms with Crippen molar-refractivity contribution >= 4 is 27.3 Å². The molecule has 2 N–H and O–H groups in total. The van der Waals surface area contributed by atoms with Gasteiger partial charge in [0, 0.05) is 29.0 Å². The molecule has 1 nitrogen and oxygen atoms in total. The lowest BCUT2D eigenvalue weighted by Crippen LogP contribution is -2.14. The van der Waals surface area contributed by atoms with Crippen LogP contribution < -0.4 is 5.73 Å². The summed E-state index contributed by atoms with van der Waals surface area (Å²) in [5, 5.41) is 0. The normalized spacial score (nSPS) is 12.7. The number of hydrogen-bond donors (Lipinski definition) is 1. The van der Waals surface area contributed by atoms with E-state index in [0.717, 1.165) is 14.7 Å². The molecule has 0 fully saturated rings. The molecule has 0 bridgehead atoms. The molecule has 1 atom stereocenters. The van der Waals surface area contributed by atoms with Gasteiger partial charge >= 0.3 is 0 Å². The van der Waals surface area contributed by atoms with Gasteiger partial charge in [0.15, 0.2) is 0 Å². The quantitative estimate of drug-likeness (QED) is 0.908. The van der Waals surface area contributed by atoms with Crippen LogP contribution in [0.4, 0.5) is 8.78 Å². The maximum absolute atomic E-state index is 13.5. The van der Waals surface area contributed by atoms with Crippen molar-refractivity contribution in [2.75, 3.05) is 0 Å². The van der Waals surface area contributed by atoms with E-state index in [1.165, 1.54) is 12.1 Å². The van der Waals surface area contributed by atoms with Crippen LogP contribution in [0.1, 0.15) is 16.5 Å². The van der Waals surface area contributed by atoms with Gasteiger partial charge in [-0.3, -0.25) is 0 Å². The summed E-state index contributed by atoms with van der Waals surface area (Å²) >= 11 is 4.92. The maximum Gasteiger partial charge on any atom is 0.130 e. The van der Waals surface area contributed by atoms with Crippen molar-refractivity contribution in [2.24, 2.45) is 5.73 Å². The van der Waals surface area contributed by atoms with Crippen molar-refractivity contribution in [3.8, 4) is 0 Å². The SMILES string of the molecule is NC(Cc1ccc(Br)s1)c1ccc(F)cc1F. The molecular formula is C12H10BrF2NS. The van der Waals surface area contributed by atoms with Crippen LogP contribution in [0.3, 0.4) is 0 Å². The average molecular weight is 318 g/mol. The third-order valence-electron chi connectivity index (χ3n) is 2.41. The van der Waals surface area contributed by atoms with Gasteiger partial charge < -0.3 is 5.73 Å². The van der Waals surface area contributed by atoms with Crippen molar-refractivity contribution in [3.05, 3.63) is 56.2 Å². The molecule has 0 amide bonds. The lowest BCUT2D eigenvalue weighted by Gasteiger charge is -2.11. The van der Waals surface area contributed by atoms with Gasteiger partial charge in [-0.05, 0) is 34.1 Å². The predicted molar refractivity (Wildman–Crippen MR) is 69.0 cm³/mol. The first-order chi connectivity index (χ1) is 8.06. The second kappa shape index (κ2) is 5.25. The van der Waals surface area contributed by atoms with E-state index < -0.39 is 17.7 Å². The fourth-order valence-corrected chi connectivity index (χ4v) is 3.13. The number of hydrogen-bond acceptors (Lipinski definition) is 2. The molecule has 0 aliphatic rings. The molecule has 2 rings (SSSR count). The zero-order chi connectivity index (χ0) is 12.4. The van der Waals surface area contributed by atoms with E-state index in [-0.39, 0.29) is 0 Å². The Bertz CT molecular complexity index is 527. The van der Waals surface area contributed by atoms with Crippen LogP contribution in [0.2, 0.25) is 0 Å². The molecule has 2 aromatic rings. The molecule has 0 spiro atoms. The topological polar surface area (TPSA) is 26.0 Å². The van der Waals surface area contributed by atoms with E-state index in [4.69, 9.17) is 5.73 Å². The standard InChI is InChI=1S/C12H10BrF2NS/c13-12-4-2-8(17-12)6-11(16)9-3-1-7(14)5-10(9)15/h1-5,11H,6,16H2. The Balaban J connectivity index is 2.17. The van der Waals surface area contributed by atoms with Crippen molar-refractivity contribution < 1.29 is 8.78 Å². The molecule has 1 heterocycles. The second-order valence-electron chi connectivity index (χ2n) is 3.68. The molecule has 0 saturated heterocycles. The van der Waals surface area contributed by atoms with Crippen LogP contribution in [0.15, 0.2) is 34.1 Å². The largest absolute Gasteiger partial charge is 0.324 e. The highest BCUT2D eigenvalue weighted by Crippen LogP contribution is 2.27. The van der Waals surface area contributed by atoms with Crippen molar-refractivity contribution in [3.63, 3.8) is 0 Å². The molecular weight excluding hydrogens is 308 g/mol. The molecule has 0 aliphatic carbocycles. The molecule has 1 aromatic carbocycles. The number of thiophene rings is 1. The van der Waals surface area contributed by atoms with Crippen LogP contribution in [-0.4, -0.2) is 0 Å². The molecule has 0 saturated carbocycles. The average Bonchev–Trinajstić information content (AvgIpc) is 2.63. The van der Waals surface area contributed by atoms with E-state index >= 15 is 0 Å². The van der Waals surface area contributed by atoms with Gasteiger partial charge in [0.2, 0.25) is 0 Å². The highest BCUT2D eigenvalue weighted by Gasteiger charge is 2.13. The maximum atomic E-state index is 13.5. The van der Waals surface area contributed by atoms with Crippen LogP contribution >= 0.6 is 27.3 Å². The third kappa shape index (κ3) is 3.12. The van der Waals surface area contributed by atoms with Crippen LogP contribution in [0.5, 0.6) is 0 Å². The Morgan fingerprint density at radius 1 is 1.24 bits per heavy atom. The highest BCUT2D eigenvalue weighted by atomic mass is 79.9. The first-order valence-corrected chi connectivity index (χ1v) is 6.62. The highest BCUT2D eigenvalue weighted by molar-refractivity contribution is 9.11. The summed E-state index contributed by atoms with van der Waals surface area (Å²) in [6.45, 7) is 0. The summed E-state index contributed by atoms with van der Waals surface area (Å²) in [5.41, 5.74) is 6.26. The number of nitrogens with two attached hydrogens (primary N) is 1. The summed E-state index contributed by atoms with van der Waals surface area (Å²) in [4.78, 5) is 1.06. The van der Waals surface area contributed by atoms with Crippen molar-refractivity contribution in [2.45, 2.75) is 12.5 Å². The first kappa shape index (κ1) is 12.7. The minimum Gasteiger partial charge on any atom is -0.324 e. The first-order valence-electron chi connectivity index (χ1n) is 5.01. The monoisotopic (exact) mass is 317 g/mol. The number of rotatable bonds is 3. The van der Waals surface area contributed by atoms with E-state index in [1.807, 2.05) is 12.1 Å². The zero-order valence-corrected chi connectivity index (χ0v) is 11.2. The van der Waals surface area contributed by atoms with E-state index in [0.29, 0.717) is 12.0 Å². The van der Waals surface area contributed by atoms with Crippen LogP contribution in [0, 0.1) is 11.6 Å². The lowest BCUT2D eigenvalue weighted by atomic mass is 10.0.